The molecule has 1 amide bonds. The fraction of sp³-hybridized carbons (Fsp3) is 0.458. The molecular formula is C24H32FN3O4. The summed E-state index contributed by atoms with van der Waals surface area (Å²) in [6, 6.07) is 10.5. The van der Waals surface area contributed by atoms with Crippen molar-refractivity contribution in [2.45, 2.75) is 44.9 Å². The molecular weight excluding hydrogens is 413 g/mol. The van der Waals surface area contributed by atoms with Crippen molar-refractivity contribution < 1.29 is 23.8 Å². The summed E-state index contributed by atoms with van der Waals surface area (Å²) in [4.78, 5) is 28.5. The van der Waals surface area contributed by atoms with E-state index >= 15 is 0 Å². The Morgan fingerprint density at radius 1 is 1.19 bits per heavy atom. The van der Waals surface area contributed by atoms with Gasteiger partial charge in [-0.25, -0.2) is 9.37 Å². The van der Waals surface area contributed by atoms with Crippen LogP contribution in [0.15, 0.2) is 36.4 Å². The van der Waals surface area contributed by atoms with Gasteiger partial charge in [0.2, 0.25) is 5.91 Å². The number of fused-ring (bicyclic) bond motifs is 1. The number of nitrogens with one attached hydrogen (secondary N) is 1. The third-order valence-electron chi connectivity index (χ3n) is 5.17. The van der Waals surface area contributed by atoms with Gasteiger partial charge in [-0.2, -0.15) is 0 Å². The summed E-state index contributed by atoms with van der Waals surface area (Å²) in [5.41, 5.74) is 2.35. The van der Waals surface area contributed by atoms with Gasteiger partial charge in [0.1, 0.15) is 5.82 Å². The fourth-order valence-corrected chi connectivity index (χ4v) is 3.28. The van der Waals surface area contributed by atoms with Crippen molar-refractivity contribution in [3.05, 3.63) is 53.5 Å². The molecule has 2 N–H and O–H groups in total. The predicted octanol–water partition coefficient (Wildman–Crippen LogP) is 3.92. The van der Waals surface area contributed by atoms with E-state index in [1.807, 2.05) is 0 Å². The Labute approximate surface area is 188 Å². The largest absolute Gasteiger partial charge is 0.494 e. The molecule has 2 aromatic rings. The molecule has 0 bridgehead atoms. The van der Waals surface area contributed by atoms with Gasteiger partial charge in [-0.15, -0.1) is 0 Å². The molecule has 2 heterocycles. The number of aromatic nitrogens is 1. The number of hydrogen-bond donors (Lipinski definition) is 2. The highest BCUT2D eigenvalue weighted by Crippen LogP contribution is 2.20. The fourth-order valence-electron chi connectivity index (χ4n) is 3.28. The van der Waals surface area contributed by atoms with Crippen LogP contribution >= 0.6 is 0 Å². The first kappa shape index (κ1) is 25.1. The molecule has 0 spiro atoms. The smallest absolute Gasteiger partial charge is 0.305 e. The number of halogens is 1. The van der Waals surface area contributed by atoms with E-state index in [0.29, 0.717) is 6.42 Å². The number of benzene rings is 1. The van der Waals surface area contributed by atoms with Crippen molar-refractivity contribution in [3.8, 4) is 5.75 Å². The number of aryl methyl sites for hydroxylation is 2. The summed E-state index contributed by atoms with van der Waals surface area (Å²) in [5.74, 6) is 0.110. The second-order valence-electron chi connectivity index (χ2n) is 7.64. The number of nitrogens with zero attached hydrogens (tertiary/aromatic N) is 2. The van der Waals surface area contributed by atoms with Crippen molar-refractivity contribution in [3.63, 3.8) is 0 Å². The maximum Gasteiger partial charge on any atom is 0.305 e. The first-order chi connectivity index (χ1) is 15.4. The van der Waals surface area contributed by atoms with Crippen molar-refractivity contribution in [2.24, 2.45) is 0 Å². The standard InChI is InChI=1S/C17H25N3O3.C7H7FO/c1-20(12-10-16(22)23)15(21)7-3-2-6-14-9-8-13-5-4-11-18-17(13)19-14;1-9-7-5-3-2-4-6(7)8/h8-9H,2-7,10-12H2,1H3,(H,18,19)(H,22,23);2-5H,1H3. The summed E-state index contributed by atoms with van der Waals surface area (Å²) in [6.45, 7) is 1.26. The number of pyridine rings is 1. The monoisotopic (exact) mass is 445 g/mol. The molecule has 174 valence electrons. The van der Waals surface area contributed by atoms with Crippen LogP contribution in [-0.4, -0.2) is 54.1 Å². The first-order valence-corrected chi connectivity index (χ1v) is 10.9. The number of carbonyl (C=O) groups is 2. The number of unbranched alkanes of at least 4 members (excludes halogenated alkanes) is 1. The lowest BCUT2D eigenvalue weighted by Gasteiger charge is -2.17. The van der Waals surface area contributed by atoms with Gasteiger partial charge in [0.15, 0.2) is 11.6 Å². The zero-order chi connectivity index (χ0) is 23.3. The number of rotatable bonds is 9. The Balaban J connectivity index is 0.000000336. The number of anilines is 1. The van der Waals surface area contributed by atoms with Crippen LogP contribution in [0.5, 0.6) is 5.75 Å². The van der Waals surface area contributed by atoms with Crippen LogP contribution in [0.25, 0.3) is 0 Å². The minimum atomic E-state index is -0.878. The number of amides is 1. The van der Waals surface area contributed by atoms with Crippen molar-refractivity contribution in [1.29, 1.82) is 0 Å². The van der Waals surface area contributed by atoms with Crippen LogP contribution in [0, 0.1) is 5.82 Å². The Hall–Kier alpha value is -3.16. The lowest BCUT2D eigenvalue weighted by molar-refractivity contribution is -0.138. The lowest BCUT2D eigenvalue weighted by atomic mass is 10.1. The molecule has 1 aliphatic heterocycles. The Morgan fingerprint density at radius 3 is 2.66 bits per heavy atom. The molecule has 1 aliphatic rings. The molecule has 0 aliphatic carbocycles. The summed E-state index contributed by atoms with van der Waals surface area (Å²) in [5, 5.41) is 11.9. The van der Waals surface area contributed by atoms with Crippen molar-refractivity contribution in [2.75, 3.05) is 32.6 Å². The zero-order valence-corrected chi connectivity index (χ0v) is 18.8. The van der Waals surface area contributed by atoms with Gasteiger partial charge in [-0.1, -0.05) is 18.2 Å². The van der Waals surface area contributed by atoms with E-state index < -0.39 is 5.97 Å². The van der Waals surface area contributed by atoms with Gasteiger partial charge in [0.25, 0.3) is 0 Å². The minimum absolute atomic E-state index is 0.00567. The van der Waals surface area contributed by atoms with Gasteiger partial charge in [0.05, 0.1) is 13.5 Å². The summed E-state index contributed by atoms with van der Waals surface area (Å²) in [6.07, 6.45) is 5.26. The number of carbonyl (C=O) groups excluding carboxylic acids is 1. The van der Waals surface area contributed by atoms with E-state index in [2.05, 4.69) is 27.2 Å². The number of methoxy groups -OCH3 is 1. The third-order valence-corrected chi connectivity index (χ3v) is 5.17. The highest BCUT2D eigenvalue weighted by Gasteiger charge is 2.12. The van der Waals surface area contributed by atoms with Gasteiger partial charge in [-0.3, -0.25) is 9.59 Å². The van der Waals surface area contributed by atoms with Crippen LogP contribution in [0.4, 0.5) is 10.2 Å². The van der Waals surface area contributed by atoms with Gasteiger partial charge >= 0.3 is 5.97 Å². The Bertz CT molecular complexity index is 891. The van der Waals surface area contributed by atoms with E-state index in [9.17, 15) is 14.0 Å². The molecule has 3 rings (SSSR count). The maximum atomic E-state index is 12.5. The Kier molecular flexibility index (Phi) is 10.4. The summed E-state index contributed by atoms with van der Waals surface area (Å²) < 4.78 is 17.1. The van der Waals surface area contributed by atoms with E-state index in [1.54, 1.807) is 25.2 Å². The topological polar surface area (TPSA) is 91.8 Å². The van der Waals surface area contributed by atoms with E-state index in [1.165, 1.54) is 23.6 Å². The molecule has 8 heteroatoms. The average Bonchev–Trinajstić information content (AvgIpc) is 2.80. The molecule has 0 saturated carbocycles. The zero-order valence-electron chi connectivity index (χ0n) is 18.8. The van der Waals surface area contributed by atoms with Gasteiger partial charge in [-0.05, 0) is 55.9 Å². The van der Waals surface area contributed by atoms with Gasteiger partial charge < -0.3 is 20.1 Å². The quantitative estimate of drug-likeness (QED) is 0.569. The second-order valence-corrected chi connectivity index (χ2v) is 7.64. The first-order valence-electron chi connectivity index (χ1n) is 10.9. The van der Waals surface area contributed by atoms with E-state index in [-0.39, 0.29) is 30.4 Å². The minimum Gasteiger partial charge on any atom is -0.494 e. The number of aliphatic carboxylic acids is 1. The van der Waals surface area contributed by atoms with Crippen LogP contribution < -0.4 is 10.1 Å². The molecule has 0 saturated heterocycles. The third kappa shape index (κ3) is 8.53. The number of hydrogen-bond acceptors (Lipinski definition) is 5. The van der Waals surface area contributed by atoms with Crippen LogP contribution in [0.2, 0.25) is 0 Å². The molecule has 0 radical (unpaired) electrons. The number of carboxylic acids is 1. The summed E-state index contributed by atoms with van der Waals surface area (Å²) >= 11 is 0. The van der Waals surface area contributed by atoms with Crippen LogP contribution in [0.1, 0.15) is 43.4 Å². The predicted molar refractivity (Wildman–Crippen MR) is 121 cm³/mol. The van der Waals surface area contributed by atoms with E-state index in [0.717, 1.165) is 50.2 Å². The highest BCUT2D eigenvalue weighted by molar-refractivity contribution is 5.76. The SMILES string of the molecule is CN(CCC(=O)O)C(=O)CCCCc1ccc2c(n1)NCCC2.COc1ccccc1F. The number of para-hydroxylation sites is 1. The van der Waals surface area contributed by atoms with Crippen LogP contribution in [0.3, 0.4) is 0 Å². The number of carboxylic acid groups (broad SMARTS) is 1. The van der Waals surface area contributed by atoms with Gasteiger partial charge in [0, 0.05) is 32.3 Å². The maximum absolute atomic E-state index is 12.5. The normalized spacial score (nSPS) is 12.0. The summed E-state index contributed by atoms with van der Waals surface area (Å²) in [7, 11) is 3.10. The van der Waals surface area contributed by atoms with E-state index in [4.69, 9.17) is 5.11 Å². The molecule has 32 heavy (non-hydrogen) atoms. The molecule has 1 aromatic carbocycles. The molecule has 7 nitrogen and oxygen atoms in total. The molecule has 0 unspecified atom stereocenters. The highest BCUT2D eigenvalue weighted by atomic mass is 19.1. The average molecular weight is 446 g/mol. The molecule has 0 atom stereocenters. The molecule has 0 fully saturated rings. The molecule has 1 aromatic heterocycles. The lowest BCUT2D eigenvalue weighted by Crippen LogP contribution is -2.28. The van der Waals surface area contributed by atoms with Crippen molar-refractivity contribution >= 4 is 17.7 Å². The van der Waals surface area contributed by atoms with Crippen molar-refractivity contribution in [1.82, 2.24) is 9.88 Å². The second kappa shape index (κ2) is 13.3. The number of ether oxygens (including phenoxy) is 1. The van der Waals surface area contributed by atoms with Crippen LogP contribution in [-0.2, 0) is 22.4 Å². The Morgan fingerprint density at radius 2 is 1.97 bits per heavy atom.